The number of aryl methyl sites for hydroxylation is 1. The first-order valence-corrected chi connectivity index (χ1v) is 9.66. The number of hydrogen-bond acceptors (Lipinski definition) is 3. The van der Waals surface area contributed by atoms with E-state index in [1.54, 1.807) is 0 Å². The highest BCUT2D eigenvalue weighted by atomic mass is 16.2. The molecule has 26 heavy (non-hydrogen) atoms. The quantitative estimate of drug-likeness (QED) is 0.338. The van der Waals surface area contributed by atoms with Crippen molar-refractivity contribution >= 4 is 17.6 Å². The standard InChI is InChI=1S/C20H33N5O/c1-4-21-20(24-15-14-22-19(26)17-9-10-17)23-13-5-6-16-7-11-18(12-8-16)25(2)3/h7-8,11-12,17H,4-6,9-10,13-15H2,1-3H3,(H,22,26)(H2,21,23,24). The normalized spacial score (nSPS) is 14.0. The van der Waals surface area contributed by atoms with E-state index < -0.39 is 0 Å². The Hall–Kier alpha value is -2.24. The van der Waals surface area contributed by atoms with E-state index in [2.05, 4.69) is 71.1 Å². The lowest BCUT2D eigenvalue weighted by Gasteiger charge is -2.13. The summed E-state index contributed by atoms with van der Waals surface area (Å²) in [5, 5.41) is 9.47. The van der Waals surface area contributed by atoms with E-state index in [0.29, 0.717) is 13.1 Å². The highest BCUT2D eigenvalue weighted by Crippen LogP contribution is 2.28. The monoisotopic (exact) mass is 359 g/mol. The van der Waals surface area contributed by atoms with Crippen LogP contribution in [0.4, 0.5) is 5.69 Å². The Kier molecular flexibility index (Phi) is 8.25. The van der Waals surface area contributed by atoms with Gasteiger partial charge in [-0.25, -0.2) is 0 Å². The van der Waals surface area contributed by atoms with Crippen molar-refractivity contribution in [1.29, 1.82) is 0 Å². The fraction of sp³-hybridized carbons (Fsp3) is 0.600. The molecule has 0 bridgehead atoms. The number of benzene rings is 1. The van der Waals surface area contributed by atoms with E-state index in [1.807, 2.05) is 0 Å². The van der Waals surface area contributed by atoms with Crippen molar-refractivity contribution in [1.82, 2.24) is 16.0 Å². The number of carbonyl (C=O) groups excluding carboxylic acids is 1. The molecule has 1 saturated carbocycles. The molecule has 0 saturated heterocycles. The SMILES string of the molecule is CCNC(=NCCCc1ccc(N(C)C)cc1)NCCNC(=O)C1CC1. The number of aliphatic imine (C=N–C) groups is 1. The molecule has 1 aromatic rings. The average molecular weight is 360 g/mol. The minimum Gasteiger partial charge on any atom is -0.378 e. The Morgan fingerprint density at radius 2 is 1.81 bits per heavy atom. The van der Waals surface area contributed by atoms with E-state index in [1.165, 1.54) is 11.3 Å². The second kappa shape index (κ2) is 10.7. The summed E-state index contributed by atoms with van der Waals surface area (Å²) in [4.78, 5) is 18.3. The zero-order valence-corrected chi connectivity index (χ0v) is 16.3. The molecule has 0 spiro atoms. The van der Waals surface area contributed by atoms with Crippen LogP contribution in [0.3, 0.4) is 0 Å². The summed E-state index contributed by atoms with van der Waals surface area (Å²) >= 11 is 0. The zero-order chi connectivity index (χ0) is 18.8. The van der Waals surface area contributed by atoms with Gasteiger partial charge < -0.3 is 20.9 Å². The Balaban J connectivity index is 1.65. The molecule has 0 radical (unpaired) electrons. The molecule has 1 fully saturated rings. The predicted molar refractivity (Wildman–Crippen MR) is 109 cm³/mol. The van der Waals surface area contributed by atoms with Crippen LogP contribution in [0.1, 0.15) is 31.7 Å². The van der Waals surface area contributed by atoms with Gasteiger partial charge in [-0.3, -0.25) is 9.79 Å². The van der Waals surface area contributed by atoms with Crippen molar-refractivity contribution in [2.45, 2.75) is 32.6 Å². The zero-order valence-electron chi connectivity index (χ0n) is 16.3. The Morgan fingerprint density at radius 3 is 2.42 bits per heavy atom. The summed E-state index contributed by atoms with van der Waals surface area (Å²) < 4.78 is 0. The van der Waals surface area contributed by atoms with Gasteiger partial charge in [-0.2, -0.15) is 0 Å². The first-order chi connectivity index (χ1) is 12.6. The van der Waals surface area contributed by atoms with Gasteiger partial charge in [-0.05, 0) is 50.3 Å². The molecule has 1 amide bonds. The molecule has 0 heterocycles. The molecule has 1 aliphatic carbocycles. The molecule has 1 aliphatic rings. The first kappa shape index (κ1) is 20.1. The Morgan fingerprint density at radius 1 is 1.12 bits per heavy atom. The van der Waals surface area contributed by atoms with Gasteiger partial charge in [0.15, 0.2) is 5.96 Å². The van der Waals surface area contributed by atoms with Crippen LogP contribution < -0.4 is 20.9 Å². The molecule has 1 aromatic carbocycles. The third-order valence-electron chi connectivity index (χ3n) is 4.36. The van der Waals surface area contributed by atoms with Crippen LogP contribution in [0.2, 0.25) is 0 Å². The third kappa shape index (κ3) is 7.33. The maximum atomic E-state index is 11.6. The second-order valence-corrected chi connectivity index (χ2v) is 6.92. The maximum absolute atomic E-state index is 11.6. The van der Waals surface area contributed by atoms with Crippen molar-refractivity contribution in [3.8, 4) is 0 Å². The van der Waals surface area contributed by atoms with E-state index in [4.69, 9.17) is 0 Å². The van der Waals surface area contributed by atoms with E-state index >= 15 is 0 Å². The van der Waals surface area contributed by atoms with Crippen molar-refractivity contribution in [3.05, 3.63) is 29.8 Å². The lowest BCUT2D eigenvalue weighted by Crippen LogP contribution is -2.41. The number of rotatable bonds is 10. The van der Waals surface area contributed by atoms with E-state index in [0.717, 1.165) is 44.7 Å². The van der Waals surface area contributed by atoms with Gasteiger partial charge in [0.1, 0.15) is 0 Å². The van der Waals surface area contributed by atoms with Crippen LogP contribution in [0, 0.1) is 5.92 Å². The van der Waals surface area contributed by atoms with Crippen LogP contribution in [0.15, 0.2) is 29.3 Å². The van der Waals surface area contributed by atoms with Gasteiger partial charge in [0.05, 0.1) is 0 Å². The average Bonchev–Trinajstić information content (AvgIpc) is 3.47. The lowest BCUT2D eigenvalue weighted by molar-refractivity contribution is -0.122. The molecule has 0 atom stereocenters. The number of amides is 1. The number of guanidine groups is 1. The number of hydrogen-bond donors (Lipinski definition) is 3. The van der Waals surface area contributed by atoms with Gasteiger partial charge in [0.2, 0.25) is 5.91 Å². The smallest absolute Gasteiger partial charge is 0.223 e. The fourth-order valence-electron chi connectivity index (χ4n) is 2.63. The Bertz CT molecular complexity index is 578. The summed E-state index contributed by atoms with van der Waals surface area (Å²) in [7, 11) is 4.10. The van der Waals surface area contributed by atoms with Crippen LogP contribution in [0.25, 0.3) is 0 Å². The molecule has 2 rings (SSSR count). The number of nitrogens with zero attached hydrogens (tertiary/aromatic N) is 2. The topological polar surface area (TPSA) is 68.8 Å². The Labute approximate surface area is 157 Å². The largest absolute Gasteiger partial charge is 0.378 e. The molecule has 0 aliphatic heterocycles. The number of anilines is 1. The molecule has 6 nitrogen and oxygen atoms in total. The van der Waals surface area contributed by atoms with Crippen LogP contribution >= 0.6 is 0 Å². The summed E-state index contributed by atoms with van der Waals surface area (Å²) in [6.07, 6.45) is 4.12. The predicted octanol–water partition coefficient (Wildman–Crippen LogP) is 1.77. The highest BCUT2D eigenvalue weighted by molar-refractivity contribution is 5.81. The molecule has 144 valence electrons. The van der Waals surface area contributed by atoms with Crippen molar-refractivity contribution in [2.24, 2.45) is 10.9 Å². The van der Waals surface area contributed by atoms with Gasteiger partial charge in [0, 0.05) is 51.9 Å². The van der Waals surface area contributed by atoms with Crippen molar-refractivity contribution < 1.29 is 4.79 Å². The minimum absolute atomic E-state index is 0.189. The molecule has 0 aromatic heterocycles. The van der Waals surface area contributed by atoms with Gasteiger partial charge in [0.25, 0.3) is 0 Å². The first-order valence-electron chi connectivity index (χ1n) is 9.66. The number of carbonyl (C=O) groups is 1. The van der Waals surface area contributed by atoms with Crippen molar-refractivity contribution in [3.63, 3.8) is 0 Å². The molecule has 6 heteroatoms. The van der Waals surface area contributed by atoms with Gasteiger partial charge >= 0.3 is 0 Å². The molecule has 3 N–H and O–H groups in total. The maximum Gasteiger partial charge on any atom is 0.223 e. The summed E-state index contributed by atoms with van der Waals surface area (Å²) in [6.45, 7) is 4.98. The molecular weight excluding hydrogens is 326 g/mol. The highest BCUT2D eigenvalue weighted by Gasteiger charge is 2.28. The van der Waals surface area contributed by atoms with E-state index in [-0.39, 0.29) is 11.8 Å². The molecule has 0 unspecified atom stereocenters. The fourth-order valence-corrected chi connectivity index (χ4v) is 2.63. The summed E-state index contributed by atoms with van der Waals surface area (Å²) in [6, 6.07) is 8.68. The van der Waals surface area contributed by atoms with Crippen LogP contribution in [-0.2, 0) is 11.2 Å². The van der Waals surface area contributed by atoms with Gasteiger partial charge in [-0.1, -0.05) is 12.1 Å². The summed E-state index contributed by atoms with van der Waals surface area (Å²) in [5.74, 6) is 1.27. The van der Waals surface area contributed by atoms with Gasteiger partial charge in [-0.15, -0.1) is 0 Å². The van der Waals surface area contributed by atoms with Crippen LogP contribution in [-0.4, -0.2) is 52.1 Å². The second-order valence-electron chi connectivity index (χ2n) is 6.92. The molecular formula is C20H33N5O. The third-order valence-corrected chi connectivity index (χ3v) is 4.36. The minimum atomic E-state index is 0.189. The van der Waals surface area contributed by atoms with Crippen molar-refractivity contribution in [2.75, 3.05) is 45.2 Å². The summed E-state index contributed by atoms with van der Waals surface area (Å²) in [5.41, 5.74) is 2.56. The number of nitrogens with one attached hydrogen (secondary N) is 3. The lowest BCUT2D eigenvalue weighted by atomic mass is 10.1. The van der Waals surface area contributed by atoms with E-state index in [9.17, 15) is 4.79 Å². The van der Waals surface area contributed by atoms with Crippen LogP contribution in [0.5, 0.6) is 0 Å².